The summed E-state index contributed by atoms with van der Waals surface area (Å²) in [5, 5.41) is 2.73. The molecule has 5 heteroatoms. The number of nitrogens with zero attached hydrogens (tertiary/aromatic N) is 1. The van der Waals surface area contributed by atoms with Gasteiger partial charge in [0.05, 0.1) is 11.9 Å². The third-order valence-corrected chi connectivity index (χ3v) is 2.92. The lowest BCUT2D eigenvalue weighted by molar-refractivity contribution is -0.111. The first-order chi connectivity index (χ1) is 10.3. The van der Waals surface area contributed by atoms with E-state index in [1.54, 1.807) is 30.6 Å². The maximum absolute atomic E-state index is 11.8. The number of anilines is 1. The van der Waals surface area contributed by atoms with E-state index in [9.17, 15) is 4.79 Å². The highest BCUT2D eigenvalue weighted by atomic mass is 16.6. The van der Waals surface area contributed by atoms with Gasteiger partial charge in [-0.3, -0.25) is 9.78 Å². The van der Waals surface area contributed by atoms with Crippen LogP contribution in [0.3, 0.4) is 0 Å². The Bertz CT molecular complexity index is 668. The van der Waals surface area contributed by atoms with Crippen LogP contribution in [0.4, 0.5) is 5.69 Å². The van der Waals surface area contributed by atoms with Crippen molar-refractivity contribution < 1.29 is 14.3 Å². The van der Waals surface area contributed by atoms with Crippen molar-refractivity contribution in [1.29, 1.82) is 0 Å². The molecule has 1 aromatic heterocycles. The predicted octanol–water partition coefficient (Wildman–Crippen LogP) is 2.50. The SMILES string of the molecule is O=C(C=Cc1ccc2c(c1)OCCO2)Nc1cccnc1. The second kappa shape index (κ2) is 6.09. The van der Waals surface area contributed by atoms with Crippen LogP contribution < -0.4 is 14.8 Å². The number of amides is 1. The third kappa shape index (κ3) is 3.39. The Morgan fingerprint density at radius 2 is 2.05 bits per heavy atom. The van der Waals surface area contributed by atoms with Gasteiger partial charge in [-0.15, -0.1) is 0 Å². The molecule has 2 heterocycles. The van der Waals surface area contributed by atoms with Crippen LogP contribution in [0.15, 0.2) is 48.8 Å². The summed E-state index contributed by atoms with van der Waals surface area (Å²) in [5.41, 5.74) is 1.54. The topological polar surface area (TPSA) is 60.5 Å². The zero-order valence-corrected chi connectivity index (χ0v) is 11.3. The fraction of sp³-hybridized carbons (Fsp3) is 0.125. The van der Waals surface area contributed by atoms with Crippen molar-refractivity contribution in [2.45, 2.75) is 0 Å². The van der Waals surface area contributed by atoms with Crippen molar-refractivity contribution in [3.05, 3.63) is 54.4 Å². The summed E-state index contributed by atoms with van der Waals surface area (Å²) >= 11 is 0. The van der Waals surface area contributed by atoms with Gasteiger partial charge >= 0.3 is 0 Å². The molecule has 2 aromatic rings. The van der Waals surface area contributed by atoms with E-state index in [0.717, 1.165) is 11.3 Å². The number of nitrogens with one attached hydrogen (secondary N) is 1. The standard InChI is InChI=1S/C16H14N2O3/c19-16(18-13-2-1-7-17-11-13)6-4-12-3-5-14-15(10-12)21-9-8-20-14/h1-7,10-11H,8-9H2,(H,18,19). The van der Waals surface area contributed by atoms with E-state index >= 15 is 0 Å². The smallest absolute Gasteiger partial charge is 0.248 e. The third-order valence-electron chi connectivity index (χ3n) is 2.92. The molecule has 0 unspecified atom stereocenters. The molecule has 0 fully saturated rings. The van der Waals surface area contributed by atoms with Gasteiger partial charge in [0.1, 0.15) is 13.2 Å². The van der Waals surface area contributed by atoms with Gasteiger partial charge in [-0.25, -0.2) is 0 Å². The van der Waals surface area contributed by atoms with E-state index < -0.39 is 0 Å². The van der Waals surface area contributed by atoms with Crippen LogP contribution in [0, 0.1) is 0 Å². The summed E-state index contributed by atoms with van der Waals surface area (Å²) in [7, 11) is 0. The molecule has 106 valence electrons. The normalized spacial score (nSPS) is 13.1. The maximum Gasteiger partial charge on any atom is 0.248 e. The molecular weight excluding hydrogens is 268 g/mol. The lowest BCUT2D eigenvalue weighted by atomic mass is 10.2. The van der Waals surface area contributed by atoms with Crippen LogP contribution >= 0.6 is 0 Å². The number of rotatable bonds is 3. The van der Waals surface area contributed by atoms with E-state index in [4.69, 9.17) is 9.47 Å². The highest BCUT2D eigenvalue weighted by Crippen LogP contribution is 2.31. The van der Waals surface area contributed by atoms with Gasteiger partial charge in [-0.2, -0.15) is 0 Å². The zero-order valence-electron chi connectivity index (χ0n) is 11.3. The molecular formula is C16H14N2O3. The summed E-state index contributed by atoms with van der Waals surface area (Å²) in [6, 6.07) is 9.11. The van der Waals surface area contributed by atoms with Crippen molar-refractivity contribution in [2.75, 3.05) is 18.5 Å². The Morgan fingerprint density at radius 1 is 1.19 bits per heavy atom. The van der Waals surface area contributed by atoms with Crippen LogP contribution in [0.2, 0.25) is 0 Å². The van der Waals surface area contributed by atoms with Crippen LogP contribution in [0.5, 0.6) is 11.5 Å². The van der Waals surface area contributed by atoms with Crippen molar-refractivity contribution in [3.8, 4) is 11.5 Å². The van der Waals surface area contributed by atoms with E-state index in [1.165, 1.54) is 6.08 Å². The molecule has 1 aliphatic heterocycles. The van der Waals surface area contributed by atoms with Crippen molar-refractivity contribution in [2.24, 2.45) is 0 Å². The van der Waals surface area contributed by atoms with Gasteiger partial charge in [0.25, 0.3) is 0 Å². The summed E-state index contributed by atoms with van der Waals surface area (Å²) < 4.78 is 10.9. The molecule has 0 saturated heterocycles. The van der Waals surface area contributed by atoms with Gasteiger partial charge in [0.2, 0.25) is 5.91 Å². The number of aromatic nitrogens is 1. The monoisotopic (exact) mass is 282 g/mol. The summed E-state index contributed by atoms with van der Waals surface area (Å²) in [6.45, 7) is 1.11. The molecule has 1 aliphatic rings. The summed E-state index contributed by atoms with van der Waals surface area (Å²) in [6.07, 6.45) is 6.44. The quantitative estimate of drug-likeness (QED) is 0.879. The predicted molar refractivity (Wildman–Crippen MR) is 79.3 cm³/mol. The minimum atomic E-state index is -0.210. The number of benzene rings is 1. The van der Waals surface area contributed by atoms with Crippen molar-refractivity contribution >= 4 is 17.7 Å². The minimum Gasteiger partial charge on any atom is -0.486 e. The van der Waals surface area contributed by atoms with Gasteiger partial charge in [0.15, 0.2) is 11.5 Å². The molecule has 0 bridgehead atoms. The van der Waals surface area contributed by atoms with Crippen molar-refractivity contribution in [1.82, 2.24) is 4.98 Å². The van der Waals surface area contributed by atoms with E-state index in [-0.39, 0.29) is 5.91 Å². The van der Waals surface area contributed by atoms with Gasteiger partial charge in [0, 0.05) is 12.3 Å². The number of hydrogen-bond donors (Lipinski definition) is 1. The zero-order chi connectivity index (χ0) is 14.5. The number of pyridine rings is 1. The molecule has 1 amide bonds. The van der Waals surface area contributed by atoms with Gasteiger partial charge in [-0.05, 0) is 35.9 Å². The molecule has 5 nitrogen and oxygen atoms in total. The number of ether oxygens (including phenoxy) is 2. The molecule has 1 N–H and O–H groups in total. The number of carbonyl (C=O) groups excluding carboxylic acids is 1. The average Bonchev–Trinajstić information content (AvgIpc) is 2.54. The Balaban J connectivity index is 1.67. The number of fused-ring (bicyclic) bond motifs is 1. The molecule has 0 aliphatic carbocycles. The molecule has 1 aromatic carbocycles. The van der Waals surface area contributed by atoms with Gasteiger partial charge < -0.3 is 14.8 Å². The number of carbonyl (C=O) groups is 1. The largest absolute Gasteiger partial charge is 0.486 e. The summed E-state index contributed by atoms with van der Waals surface area (Å²) in [5.74, 6) is 1.23. The molecule has 0 radical (unpaired) electrons. The van der Waals surface area contributed by atoms with E-state index in [1.807, 2.05) is 18.2 Å². The maximum atomic E-state index is 11.8. The van der Waals surface area contributed by atoms with Crippen LogP contribution in [0.25, 0.3) is 6.08 Å². The van der Waals surface area contributed by atoms with Crippen LogP contribution in [-0.2, 0) is 4.79 Å². The Morgan fingerprint density at radius 3 is 2.86 bits per heavy atom. The fourth-order valence-corrected chi connectivity index (χ4v) is 1.96. The molecule has 0 spiro atoms. The Kier molecular flexibility index (Phi) is 3.82. The molecule has 21 heavy (non-hydrogen) atoms. The first-order valence-electron chi connectivity index (χ1n) is 6.60. The second-order valence-corrected chi connectivity index (χ2v) is 4.47. The molecule has 0 saturated carbocycles. The first-order valence-corrected chi connectivity index (χ1v) is 6.60. The second-order valence-electron chi connectivity index (χ2n) is 4.47. The Hall–Kier alpha value is -2.82. The van der Waals surface area contributed by atoms with E-state index in [0.29, 0.717) is 24.7 Å². The average molecular weight is 282 g/mol. The minimum absolute atomic E-state index is 0.210. The highest BCUT2D eigenvalue weighted by Gasteiger charge is 2.10. The lowest BCUT2D eigenvalue weighted by Gasteiger charge is -2.18. The summed E-state index contributed by atoms with van der Waals surface area (Å²) in [4.78, 5) is 15.7. The highest BCUT2D eigenvalue weighted by molar-refractivity contribution is 6.01. The first kappa shape index (κ1) is 13.2. The van der Waals surface area contributed by atoms with Crippen molar-refractivity contribution in [3.63, 3.8) is 0 Å². The Labute approximate surface area is 122 Å². The van der Waals surface area contributed by atoms with Crippen LogP contribution in [0.1, 0.15) is 5.56 Å². The molecule has 3 rings (SSSR count). The van der Waals surface area contributed by atoms with Crippen LogP contribution in [-0.4, -0.2) is 24.1 Å². The lowest BCUT2D eigenvalue weighted by Crippen LogP contribution is -2.15. The van der Waals surface area contributed by atoms with Gasteiger partial charge in [-0.1, -0.05) is 6.07 Å². The number of hydrogen-bond acceptors (Lipinski definition) is 4. The fourth-order valence-electron chi connectivity index (χ4n) is 1.96. The molecule has 0 atom stereocenters. The van der Waals surface area contributed by atoms with E-state index in [2.05, 4.69) is 10.3 Å².